The largest absolute Gasteiger partial charge is 0.460 e. The molecule has 0 spiro atoms. The quantitative estimate of drug-likeness (QED) is 0.0854. The maximum atomic E-state index is 13.8. The van der Waals surface area contributed by atoms with E-state index in [-0.39, 0.29) is 12.8 Å². The summed E-state index contributed by atoms with van der Waals surface area (Å²) in [6.45, 7) is 1.28. The molecule has 0 aromatic rings. The van der Waals surface area contributed by atoms with Gasteiger partial charge in [-0.2, -0.15) is 65.9 Å². The van der Waals surface area contributed by atoms with Crippen LogP contribution in [0.15, 0.2) is 0 Å². The Hall–Kier alpha value is -1.58. The molecule has 1 N–H and O–H groups in total. The molecule has 2 nitrogen and oxygen atoms in total. The van der Waals surface area contributed by atoms with E-state index in [1.54, 1.807) is 0 Å². The minimum atomic E-state index is -8.40. The van der Waals surface area contributed by atoms with Crippen molar-refractivity contribution in [1.29, 1.82) is 0 Å². The van der Waals surface area contributed by atoms with E-state index in [1.807, 2.05) is 0 Å². The zero-order chi connectivity index (χ0) is 33.8. The van der Waals surface area contributed by atoms with Crippen molar-refractivity contribution in [3.8, 4) is 0 Å². The van der Waals surface area contributed by atoms with Crippen LogP contribution in [0.4, 0.5) is 65.9 Å². The number of halogens is 15. The van der Waals surface area contributed by atoms with Crippen molar-refractivity contribution in [2.75, 3.05) is 6.54 Å². The Morgan fingerprint density at radius 1 is 0.419 bits per heavy atom. The summed E-state index contributed by atoms with van der Waals surface area (Å²) in [5, 5.41) is 1.03. The maximum Gasteiger partial charge on any atom is 0.460 e. The summed E-state index contributed by atoms with van der Waals surface area (Å²) in [7, 11) is 0. The second-order valence-corrected chi connectivity index (χ2v) is 10.5. The molecule has 0 radical (unpaired) electrons. The normalized spacial score (nSPS) is 14.3. The van der Waals surface area contributed by atoms with Crippen LogP contribution in [0.1, 0.15) is 110 Å². The van der Waals surface area contributed by atoms with Crippen molar-refractivity contribution in [2.24, 2.45) is 0 Å². The Morgan fingerprint density at radius 2 is 0.698 bits per heavy atom. The smallest absolute Gasteiger partial charge is 0.351 e. The zero-order valence-electron chi connectivity index (χ0n) is 23.6. The van der Waals surface area contributed by atoms with Crippen LogP contribution in [0.2, 0.25) is 0 Å². The van der Waals surface area contributed by atoms with Crippen molar-refractivity contribution in [2.45, 2.75) is 151 Å². The summed E-state index contributed by atoms with van der Waals surface area (Å²) in [5.41, 5.74) is 0. The van der Waals surface area contributed by atoms with Gasteiger partial charge in [0.15, 0.2) is 0 Å². The number of amides is 1. The van der Waals surface area contributed by atoms with Crippen LogP contribution < -0.4 is 5.32 Å². The fraction of sp³-hybridized carbons (Fsp3) is 0.962. The third-order valence-electron chi connectivity index (χ3n) is 6.93. The second kappa shape index (κ2) is 16.6. The molecule has 0 fully saturated rings. The van der Waals surface area contributed by atoms with Crippen LogP contribution >= 0.6 is 0 Å². The highest BCUT2D eigenvalue weighted by atomic mass is 19.4. The summed E-state index contributed by atoms with van der Waals surface area (Å²) < 4.78 is 198. The molecule has 0 aromatic carbocycles. The van der Waals surface area contributed by atoms with Gasteiger partial charge in [-0.25, -0.2) is 0 Å². The monoisotopic (exact) mass is 665 g/mol. The number of carbonyl (C=O) groups is 1. The Bertz CT molecular complexity index is 813. The molecule has 0 aliphatic rings. The number of rotatable bonds is 23. The summed E-state index contributed by atoms with van der Waals surface area (Å²) in [6, 6.07) is 0. The third-order valence-corrected chi connectivity index (χ3v) is 6.93. The minimum absolute atomic E-state index is 0.173. The van der Waals surface area contributed by atoms with Gasteiger partial charge in [0.05, 0.1) is 0 Å². The topological polar surface area (TPSA) is 29.1 Å². The standard InChI is InChI=1S/C26H38F15NO/c1-2-3-4-5-6-7-8-9-10-11-12-13-14-15-16-17-18-42-19(43)20(27,28)21(29,30)22(31,32)23(33,34)24(35,36)25(37,38)26(39,40)41/h2-18H2,1H3,(H,42,43). The molecule has 1 amide bonds. The lowest BCUT2D eigenvalue weighted by atomic mass is 9.91. The molecular weight excluding hydrogens is 627 g/mol. The van der Waals surface area contributed by atoms with Crippen LogP contribution in [0.3, 0.4) is 0 Å². The number of hydrogen-bond acceptors (Lipinski definition) is 1. The molecular formula is C26H38F15NO. The van der Waals surface area contributed by atoms with Crippen LogP contribution in [-0.2, 0) is 4.79 Å². The molecule has 258 valence electrons. The number of nitrogens with one attached hydrogen (secondary N) is 1. The summed E-state index contributed by atoms with van der Waals surface area (Å²) in [4.78, 5) is 11.4. The lowest BCUT2D eigenvalue weighted by molar-refractivity contribution is -0.449. The SMILES string of the molecule is CCCCCCCCCCCCCCCCCCNC(=O)C(F)(F)C(F)(F)C(F)(F)C(F)(F)C(F)(F)C(F)(F)C(F)(F)F. The first kappa shape index (κ1) is 41.4. The molecule has 0 heterocycles. The van der Waals surface area contributed by atoms with Crippen molar-refractivity contribution in [1.82, 2.24) is 5.32 Å². The summed E-state index contributed by atoms with van der Waals surface area (Å²) >= 11 is 0. The average molecular weight is 666 g/mol. The van der Waals surface area contributed by atoms with E-state index in [1.165, 1.54) is 38.5 Å². The average Bonchev–Trinajstić information content (AvgIpc) is 2.88. The molecule has 0 bridgehead atoms. The van der Waals surface area contributed by atoms with Crippen molar-refractivity contribution >= 4 is 5.91 Å². The number of alkyl halides is 15. The molecule has 0 aromatic heterocycles. The molecule has 0 aliphatic heterocycles. The van der Waals surface area contributed by atoms with Crippen molar-refractivity contribution in [3.63, 3.8) is 0 Å². The van der Waals surface area contributed by atoms with Crippen LogP contribution in [0.5, 0.6) is 0 Å². The Balaban J connectivity index is 4.67. The van der Waals surface area contributed by atoms with E-state index in [4.69, 9.17) is 0 Å². The number of unbranched alkanes of at least 4 members (excludes halogenated alkanes) is 15. The maximum absolute atomic E-state index is 13.8. The Morgan fingerprint density at radius 3 is 1.02 bits per heavy atom. The van der Waals surface area contributed by atoms with Gasteiger partial charge in [0.2, 0.25) is 0 Å². The predicted octanol–water partition coefficient (Wildman–Crippen LogP) is 10.7. The zero-order valence-corrected chi connectivity index (χ0v) is 23.6. The molecule has 0 saturated carbocycles. The summed E-state index contributed by atoms with van der Waals surface area (Å²) in [6.07, 6.45) is 6.95. The van der Waals surface area contributed by atoms with Gasteiger partial charge in [-0.3, -0.25) is 4.79 Å². The van der Waals surface area contributed by atoms with Gasteiger partial charge in [-0.1, -0.05) is 103 Å². The van der Waals surface area contributed by atoms with Gasteiger partial charge in [0.1, 0.15) is 0 Å². The van der Waals surface area contributed by atoms with Crippen LogP contribution in [-0.4, -0.2) is 54.2 Å². The first-order valence-electron chi connectivity index (χ1n) is 14.1. The fourth-order valence-electron chi connectivity index (χ4n) is 4.10. The minimum Gasteiger partial charge on any atom is -0.351 e. The van der Waals surface area contributed by atoms with Crippen molar-refractivity contribution < 1.29 is 70.7 Å². The van der Waals surface area contributed by atoms with Gasteiger partial charge >= 0.3 is 41.7 Å². The highest BCUT2D eigenvalue weighted by Gasteiger charge is 2.94. The van der Waals surface area contributed by atoms with E-state index < -0.39 is 54.2 Å². The van der Waals surface area contributed by atoms with E-state index in [2.05, 4.69) is 6.92 Å². The van der Waals surface area contributed by atoms with Crippen LogP contribution in [0.25, 0.3) is 0 Å². The molecule has 0 aliphatic carbocycles. The predicted molar refractivity (Wildman–Crippen MR) is 128 cm³/mol. The highest BCUT2D eigenvalue weighted by Crippen LogP contribution is 2.62. The lowest BCUT2D eigenvalue weighted by Crippen LogP contribution is -2.74. The first-order chi connectivity index (χ1) is 19.5. The second-order valence-electron chi connectivity index (χ2n) is 10.5. The molecule has 0 unspecified atom stereocenters. The van der Waals surface area contributed by atoms with Gasteiger partial charge in [-0.05, 0) is 6.42 Å². The van der Waals surface area contributed by atoms with E-state index in [0.29, 0.717) is 12.8 Å². The lowest BCUT2D eigenvalue weighted by Gasteiger charge is -2.41. The number of carbonyl (C=O) groups excluding carboxylic acids is 1. The van der Waals surface area contributed by atoms with Gasteiger partial charge in [0, 0.05) is 6.54 Å². The highest BCUT2D eigenvalue weighted by molar-refractivity contribution is 5.84. The first-order valence-corrected chi connectivity index (χ1v) is 14.1. The van der Waals surface area contributed by atoms with Gasteiger partial charge in [-0.15, -0.1) is 0 Å². The summed E-state index contributed by atoms with van der Waals surface area (Å²) in [5.74, 6) is -51.1. The molecule has 17 heteroatoms. The van der Waals surface area contributed by atoms with E-state index in [0.717, 1.165) is 43.8 Å². The Kier molecular flexibility index (Phi) is 16.0. The van der Waals surface area contributed by atoms with Crippen molar-refractivity contribution in [3.05, 3.63) is 0 Å². The van der Waals surface area contributed by atoms with E-state index in [9.17, 15) is 70.7 Å². The molecule has 0 rings (SSSR count). The Labute approximate surface area is 240 Å². The van der Waals surface area contributed by atoms with Gasteiger partial charge < -0.3 is 5.32 Å². The molecule has 0 saturated heterocycles. The fourth-order valence-corrected chi connectivity index (χ4v) is 4.10. The molecule has 43 heavy (non-hydrogen) atoms. The number of hydrogen-bond donors (Lipinski definition) is 1. The third kappa shape index (κ3) is 9.95. The molecule has 0 atom stereocenters. The van der Waals surface area contributed by atoms with Crippen LogP contribution in [0, 0.1) is 0 Å². The van der Waals surface area contributed by atoms with E-state index >= 15 is 0 Å². The van der Waals surface area contributed by atoms with Gasteiger partial charge in [0.25, 0.3) is 5.91 Å².